The Bertz CT molecular complexity index is 901. The normalized spacial score (nSPS) is 10.4. The lowest BCUT2D eigenvalue weighted by atomic mass is 10.1. The average Bonchev–Trinajstić information content (AvgIpc) is 2.75. The van der Waals surface area contributed by atoms with E-state index < -0.39 is 0 Å². The Hall–Kier alpha value is -3.35. The van der Waals surface area contributed by atoms with Crippen LogP contribution in [-0.4, -0.2) is 54.3 Å². The van der Waals surface area contributed by atoms with E-state index in [0.29, 0.717) is 25.2 Å². The summed E-state index contributed by atoms with van der Waals surface area (Å²) in [6.45, 7) is 9.33. The summed E-state index contributed by atoms with van der Waals surface area (Å²) in [4.78, 5) is 40.2. The van der Waals surface area contributed by atoms with Crippen LogP contribution in [0, 0.1) is 13.8 Å². The molecule has 0 atom stereocenters. The number of rotatable bonds is 8. The van der Waals surface area contributed by atoms with Crippen molar-refractivity contribution in [2.24, 2.45) is 0 Å². The maximum absolute atomic E-state index is 12.4. The summed E-state index contributed by atoms with van der Waals surface area (Å²) in [7, 11) is 1.57. The average molecular weight is 425 g/mol. The van der Waals surface area contributed by atoms with Crippen LogP contribution in [0.3, 0.4) is 0 Å². The SMILES string of the molecule is CCN(CC)C(=O)c1ccc(CNC(=O)N(C)CC(=O)Nc2c(C)cccc2C)cc1. The van der Waals surface area contributed by atoms with E-state index >= 15 is 0 Å². The van der Waals surface area contributed by atoms with Gasteiger partial charge in [0.25, 0.3) is 5.91 Å². The minimum atomic E-state index is -0.347. The summed E-state index contributed by atoms with van der Waals surface area (Å²) in [5.41, 5.74) is 4.23. The van der Waals surface area contributed by atoms with Crippen molar-refractivity contribution in [1.29, 1.82) is 0 Å². The molecule has 7 heteroatoms. The van der Waals surface area contributed by atoms with Gasteiger partial charge in [0, 0.05) is 37.9 Å². The van der Waals surface area contributed by atoms with Crippen molar-refractivity contribution in [3.8, 4) is 0 Å². The van der Waals surface area contributed by atoms with E-state index in [9.17, 15) is 14.4 Å². The minimum absolute atomic E-state index is 0.00443. The number of nitrogens with one attached hydrogen (secondary N) is 2. The first-order chi connectivity index (χ1) is 14.8. The molecule has 0 saturated heterocycles. The van der Waals surface area contributed by atoms with Crippen LogP contribution in [-0.2, 0) is 11.3 Å². The summed E-state index contributed by atoms with van der Waals surface area (Å²) in [5, 5.41) is 5.67. The van der Waals surface area contributed by atoms with E-state index in [4.69, 9.17) is 0 Å². The fourth-order valence-corrected chi connectivity index (χ4v) is 3.25. The molecule has 0 spiro atoms. The molecule has 0 bridgehead atoms. The topological polar surface area (TPSA) is 81.8 Å². The monoisotopic (exact) mass is 424 g/mol. The Kier molecular flexibility index (Phi) is 8.61. The molecule has 0 aliphatic rings. The molecule has 31 heavy (non-hydrogen) atoms. The first kappa shape index (κ1) is 23.9. The van der Waals surface area contributed by atoms with Crippen LogP contribution < -0.4 is 10.6 Å². The second kappa shape index (κ2) is 11.2. The van der Waals surface area contributed by atoms with Gasteiger partial charge in [0.2, 0.25) is 5.91 Å². The maximum atomic E-state index is 12.4. The minimum Gasteiger partial charge on any atom is -0.339 e. The van der Waals surface area contributed by atoms with E-state index in [1.165, 1.54) is 4.90 Å². The van der Waals surface area contributed by atoms with Gasteiger partial charge >= 0.3 is 6.03 Å². The van der Waals surface area contributed by atoms with Crippen LogP contribution in [0.25, 0.3) is 0 Å². The lowest BCUT2D eigenvalue weighted by molar-refractivity contribution is -0.116. The van der Waals surface area contributed by atoms with Gasteiger partial charge in [0.1, 0.15) is 6.54 Å². The van der Waals surface area contributed by atoms with Crippen LogP contribution in [0.4, 0.5) is 10.5 Å². The number of benzene rings is 2. The largest absolute Gasteiger partial charge is 0.339 e. The lowest BCUT2D eigenvalue weighted by Crippen LogP contribution is -2.41. The van der Waals surface area contributed by atoms with Gasteiger partial charge in [0.05, 0.1) is 0 Å². The molecule has 0 aliphatic heterocycles. The molecule has 2 rings (SSSR count). The lowest BCUT2D eigenvalue weighted by Gasteiger charge is -2.19. The molecule has 2 aromatic carbocycles. The van der Waals surface area contributed by atoms with Crippen molar-refractivity contribution in [1.82, 2.24) is 15.1 Å². The quantitative estimate of drug-likeness (QED) is 0.680. The van der Waals surface area contributed by atoms with Gasteiger partial charge in [-0.15, -0.1) is 0 Å². The third-order valence-corrected chi connectivity index (χ3v) is 5.17. The molecule has 0 saturated carbocycles. The van der Waals surface area contributed by atoms with Crippen molar-refractivity contribution in [3.63, 3.8) is 0 Å². The standard InChI is InChI=1S/C24H32N4O3/c1-6-28(7-2)23(30)20-13-11-19(12-14-20)15-25-24(31)27(5)16-21(29)26-22-17(3)9-8-10-18(22)4/h8-14H,6-7,15-16H2,1-5H3,(H,25,31)(H,26,29). The van der Waals surface area contributed by atoms with E-state index in [1.807, 2.05) is 58.0 Å². The summed E-state index contributed by atoms with van der Waals surface area (Å²) in [5.74, 6) is -0.260. The van der Waals surface area contributed by atoms with Crippen LogP contribution in [0.2, 0.25) is 0 Å². The molecule has 0 aromatic heterocycles. The molecule has 166 valence electrons. The summed E-state index contributed by atoms with van der Waals surface area (Å²) >= 11 is 0. The summed E-state index contributed by atoms with van der Waals surface area (Å²) in [6.07, 6.45) is 0. The number of carbonyl (C=O) groups is 3. The van der Waals surface area contributed by atoms with Crippen LogP contribution >= 0.6 is 0 Å². The van der Waals surface area contributed by atoms with Crippen LogP contribution in [0.15, 0.2) is 42.5 Å². The molecule has 0 aliphatic carbocycles. The summed E-state index contributed by atoms with van der Waals surface area (Å²) in [6, 6.07) is 12.6. The Morgan fingerprint density at radius 3 is 2.03 bits per heavy atom. The van der Waals surface area contributed by atoms with E-state index in [1.54, 1.807) is 24.1 Å². The molecular formula is C24H32N4O3. The van der Waals surface area contributed by atoms with Gasteiger partial charge in [-0.2, -0.15) is 0 Å². The third-order valence-electron chi connectivity index (χ3n) is 5.17. The van der Waals surface area contributed by atoms with Gasteiger partial charge in [0.15, 0.2) is 0 Å². The van der Waals surface area contributed by atoms with Gasteiger partial charge in [-0.25, -0.2) is 4.79 Å². The predicted molar refractivity (Wildman–Crippen MR) is 123 cm³/mol. The molecule has 4 amide bonds. The number of para-hydroxylation sites is 1. The number of urea groups is 1. The van der Waals surface area contributed by atoms with E-state index in [0.717, 1.165) is 22.4 Å². The predicted octanol–water partition coefficient (Wildman–Crippen LogP) is 3.57. The van der Waals surface area contributed by atoms with Crippen molar-refractivity contribution in [2.75, 3.05) is 32.0 Å². The number of hydrogen-bond acceptors (Lipinski definition) is 3. The number of carbonyl (C=O) groups excluding carboxylic acids is 3. The Balaban J connectivity index is 1.86. The van der Waals surface area contributed by atoms with Crippen LogP contribution in [0.5, 0.6) is 0 Å². The number of likely N-dealkylation sites (N-methyl/N-ethyl adjacent to an activating group) is 1. The highest BCUT2D eigenvalue weighted by Crippen LogP contribution is 2.19. The van der Waals surface area contributed by atoms with Gasteiger partial charge in [-0.05, 0) is 56.5 Å². The van der Waals surface area contributed by atoms with Crippen LogP contribution in [0.1, 0.15) is 40.9 Å². The second-order valence-electron chi connectivity index (χ2n) is 7.50. The smallest absolute Gasteiger partial charge is 0.317 e. The zero-order valence-electron chi connectivity index (χ0n) is 19.0. The first-order valence-electron chi connectivity index (χ1n) is 10.5. The van der Waals surface area contributed by atoms with Gasteiger partial charge < -0.3 is 20.4 Å². The fourth-order valence-electron chi connectivity index (χ4n) is 3.25. The number of aryl methyl sites for hydroxylation is 2. The first-order valence-corrected chi connectivity index (χ1v) is 10.5. The number of amides is 4. The molecule has 2 aromatic rings. The Morgan fingerprint density at radius 1 is 0.903 bits per heavy atom. The zero-order valence-corrected chi connectivity index (χ0v) is 19.0. The number of nitrogens with zero attached hydrogens (tertiary/aromatic N) is 2. The third kappa shape index (κ3) is 6.57. The second-order valence-corrected chi connectivity index (χ2v) is 7.50. The van der Waals surface area contributed by atoms with Crippen molar-refractivity contribution < 1.29 is 14.4 Å². The highest BCUT2D eigenvalue weighted by molar-refractivity contribution is 5.95. The van der Waals surface area contributed by atoms with Crippen molar-refractivity contribution >= 4 is 23.5 Å². The highest BCUT2D eigenvalue weighted by atomic mass is 16.2. The molecular weight excluding hydrogens is 392 g/mol. The Morgan fingerprint density at radius 2 is 1.48 bits per heavy atom. The fraction of sp³-hybridized carbons (Fsp3) is 0.375. The van der Waals surface area contributed by atoms with Crippen molar-refractivity contribution in [3.05, 3.63) is 64.7 Å². The van der Waals surface area contributed by atoms with Gasteiger partial charge in [-0.3, -0.25) is 9.59 Å². The molecule has 0 heterocycles. The number of hydrogen-bond donors (Lipinski definition) is 2. The highest BCUT2D eigenvalue weighted by Gasteiger charge is 2.15. The molecule has 0 fully saturated rings. The molecule has 0 unspecified atom stereocenters. The van der Waals surface area contributed by atoms with Crippen molar-refractivity contribution in [2.45, 2.75) is 34.2 Å². The van der Waals surface area contributed by atoms with Gasteiger partial charge in [-0.1, -0.05) is 30.3 Å². The van der Waals surface area contributed by atoms with E-state index in [-0.39, 0.29) is 24.4 Å². The molecule has 7 nitrogen and oxygen atoms in total. The summed E-state index contributed by atoms with van der Waals surface area (Å²) < 4.78 is 0. The van der Waals surface area contributed by atoms with E-state index in [2.05, 4.69) is 10.6 Å². The zero-order chi connectivity index (χ0) is 23.0. The number of anilines is 1. The molecule has 0 radical (unpaired) electrons. The molecule has 2 N–H and O–H groups in total. The maximum Gasteiger partial charge on any atom is 0.317 e. The Labute approximate surface area is 184 Å².